The summed E-state index contributed by atoms with van der Waals surface area (Å²) in [6.07, 6.45) is 3.39. The van der Waals surface area contributed by atoms with Gasteiger partial charge in [0, 0.05) is 19.8 Å². The Morgan fingerprint density at radius 1 is 0.950 bits per heavy atom. The third kappa shape index (κ3) is 7.36. The second-order valence-electron chi connectivity index (χ2n) is 4.57. The van der Waals surface area contributed by atoms with Crippen molar-refractivity contribution < 1.29 is 14.2 Å². The first kappa shape index (κ1) is 16.8. The molecular formula is C16H27NO3. The summed E-state index contributed by atoms with van der Waals surface area (Å²) in [7, 11) is 1.65. The lowest BCUT2D eigenvalue weighted by atomic mass is 10.3. The van der Waals surface area contributed by atoms with Crippen LogP contribution in [0.5, 0.6) is 11.5 Å². The summed E-state index contributed by atoms with van der Waals surface area (Å²) >= 11 is 0. The monoisotopic (exact) mass is 281 g/mol. The number of benzene rings is 1. The van der Waals surface area contributed by atoms with Gasteiger partial charge in [-0.3, -0.25) is 0 Å². The van der Waals surface area contributed by atoms with Crippen LogP contribution in [-0.2, 0) is 4.74 Å². The largest absolute Gasteiger partial charge is 0.493 e. The van der Waals surface area contributed by atoms with Crippen LogP contribution in [0.15, 0.2) is 24.3 Å². The average Bonchev–Trinajstić information content (AvgIpc) is 2.49. The molecule has 0 saturated carbocycles. The van der Waals surface area contributed by atoms with E-state index in [0.717, 1.165) is 50.6 Å². The first-order chi connectivity index (χ1) is 9.88. The Balaban J connectivity index is 1.97. The van der Waals surface area contributed by atoms with E-state index >= 15 is 0 Å². The van der Waals surface area contributed by atoms with E-state index in [2.05, 4.69) is 12.2 Å². The molecule has 0 aliphatic heterocycles. The van der Waals surface area contributed by atoms with Gasteiger partial charge in [0.25, 0.3) is 0 Å². The molecule has 1 rings (SSSR count). The van der Waals surface area contributed by atoms with Gasteiger partial charge in [0.05, 0.1) is 7.11 Å². The molecule has 0 bridgehead atoms. The number of rotatable bonds is 12. The highest BCUT2D eigenvalue weighted by Gasteiger charge is 2.01. The van der Waals surface area contributed by atoms with E-state index in [-0.39, 0.29) is 0 Å². The van der Waals surface area contributed by atoms with Crippen LogP contribution in [0.1, 0.15) is 26.2 Å². The van der Waals surface area contributed by atoms with Crippen LogP contribution in [0.2, 0.25) is 0 Å². The van der Waals surface area contributed by atoms with Gasteiger partial charge in [-0.25, -0.2) is 0 Å². The fraction of sp³-hybridized carbons (Fsp3) is 0.625. The summed E-state index contributed by atoms with van der Waals surface area (Å²) in [4.78, 5) is 0. The molecule has 0 atom stereocenters. The Bertz CT molecular complexity index is 344. The molecule has 20 heavy (non-hydrogen) atoms. The molecule has 1 N–H and O–H groups in total. The van der Waals surface area contributed by atoms with Crippen LogP contribution in [0.4, 0.5) is 0 Å². The quantitative estimate of drug-likeness (QED) is 0.598. The smallest absolute Gasteiger partial charge is 0.161 e. The molecule has 4 heteroatoms. The maximum atomic E-state index is 5.67. The van der Waals surface area contributed by atoms with Crippen LogP contribution in [0.25, 0.3) is 0 Å². The molecule has 0 radical (unpaired) electrons. The number of hydrogen-bond acceptors (Lipinski definition) is 4. The molecule has 1 aromatic carbocycles. The number of nitrogens with one attached hydrogen (secondary N) is 1. The Morgan fingerprint density at radius 2 is 1.70 bits per heavy atom. The second-order valence-corrected chi connectivity index (χ2v) is 4.57. The fourth-order valence-corrected chi connectivity index (χ4v) is 1.74. The van der Waals surface area contributed by atoms with E-state index in [1.54, 1.807) is 7.11 Å². The molecule has 0 fully saturated rings. The van der Waals surface area contributed by atoms with Crippen molar-refractivity contribution >= 4 is 0 Å². The topological polar surface area (TPSA) is 39.7 Å². The fourth-order valence-electron chi connectivity index (χ4n) is 1.74. The Hall–Kier alpha value is -1.26. The van der Waals surface area contributed by atoms with E-state index in [1.807, 2.05) is 24.3 Å². The van der Waals surface area contributed by atoms with Crippen molar-refractivity contribution in [3.63, 3.8) is 0 Å². The Labute approximate surface area is 122 Å². The van der Waals surface area contributed by atoms with E-state index in [4.69, 9.17) is 14.2 Å². The second kappa shape index (κ2) is 11.6. The highest BCUT2D eigenvalue weighted by molar-refractivity contribution is 5.39. The van der Waals surface area contributed by atoms with Crippen molar-refractivity contribution in [2.24, 2.45) is 0 Å². The lowest BCUT2D eigenvalue weighted by Gasteiger charge is -2.10. The minimum atomic E-state index is 0.636. The standard InChI is InChI=1S/C16H27NO3/c1-3-4-12-19-13-7-10-17-11-14-20-16-9-6-5-8-15(16)18-2/h5-6,8-9,17H,3-4,7,10-14H2,1-2H3. The van der Waals surface area contributed by atoms with Crippen molar-refractivity contribution in [1.82, 2.24) is 5.32 Å². The van der Waals surface area contributed by atoms with E-state index in [0.29, 0.717) is 6.61 Å². The van der Waals surface area contributed by atoms with Gasteiger partial charge in [0.1, 0.15) is 6.61 Å². The maximum Gasteiger partial charge on any atom is 0.161 e. The molecule has 0 amide bonds. The van der Waals surface area contributed by atoms with Crippen molar-refractivity contribution in [3.8, 4) is 11.5 Å². The summed E-state index contributed by atoms with van der Waals surface area (Å²) in [6.45, 7) is 6.31. The number of ether oxygens (including phenoxy) is 3. The van der Waals surface area contributed by atoms with Crippen LogP contribution in [0.3, 0.4) is 0 Å². The van der Waals surface area contributed by atoms with Crippen LogP contribution >= 0.6 is 0 Å². The van der Waals surface area contributed by atoms with Crippen molar-refractivity contribution in [1.29, 1.82) is 0 Å². The summed E-state index contributed by atoms with van der Waals surface area (Å²) < 4.78 is 16.4. The number of methoxy groups -OCH3 is 1. The van der Waals surface area contributed by atoms with Crippen LogP contribution < -0.4 is 14.8 Å². The van der Waals surface area contributed by atoms with Crippen LogP contribution in [0, 0.1) is 0 Å². The third-order valence-corrected chi connectivity index (χ3v) is 2.89. The molecule has 4 nitrogen and oxygen atoms in total. The maximum absolute atomic E-state index is 5.67. The minimum absolute atomic E-state index is 0.636. The highest BCUT2D eigenvalue weighted by atomic mass is 16.5. The first-order valence-electron chi connectivity index (χ1n) is 7.42. The summed E-state index contributed by atoms with van der Waals surface area (Å²) in [5.41, 5.74) is 0. The van der Waals surface area contributed by atoms with Gasteiger partial charge >= 0.3 is 0 Å². The zero-order valence-electron chi connectivity index (χ0n) is 12.7. The summed E-state index contributed by atoms with van der Waals surface area (Å²) in [6, 6.07) is 7.69. The lowest BCUT2D eigenvalue weighted by Crippen LogP contribution is -2.23. The molecular weight excluding hydrogens is 254 g/mol. The van der Waals surface area contributed by atoms with Gasteiger partial charge in [0.2, 0.25) is 0 Å². The molecule has 0 spiro atoms. The van der Waals surface area contributed by atoms with Gasteiger partial charge in [0.15, 0.2) is 11.5 Å². The van der Waals surface area contributed by atoms with Crippen molar-refractivity contribution in [2.75, 3.05) is 40.0 Å². The normalized spacial score (nSPS) is 10.5. The van der Waals surface area contributed by atoms with E-state index in [9.17, 15) is 0 Å². The van der Waals surface area contributed by atoms with Gasteiger partial charge in [-0.1, -0.05) is 25.5 Å². The van der Waals surface area contributed by atoms with Crippen molar-refractivity contribution in [2.45, 2.75) is 26.2 Å². The molecule has 0 aliphatic rings. The van der Waals surface area contributed by atoms with Gasteiger partial charge in [-0.2, -0.15) is 0 Å². The Kier molecular flexibility index (Phi) is 9.70. The van der Waals surface area contributed by atoms with Gasteiger partial charge in [-0.05, 0) is 31.5 Å². The predicted molar refractivity (Wildman–Crippen MR) is 81.7 cm³/mol. The van der Waals surface area contributed by atoms with Gasteiger partial charge < -0.3 is 19.5 Å². The zero-order chi connectivity index (χ0) is 14.5. The van der Waals surface area contributed by atoms with Crippen LogP contribution in [-0.4, -0.2) is 40.0 Å². The molecule has 0 aliphatic carbocycles. The lowest BCUT2D eigenvalue weighted by molar-refractivity contribution is 0.128. The summed E-state index contributed by atoms with van der Waals surface area (Å²) in [5, 5.41) is 3.34. The van der Waals surface area contributed by atoms with E-state index < -0.39 is 0 Å². The number of para-hydroxylation sites is 2. The average molecular weight is 281 g/mol. The highest BCUT2D eigenvalue weighted by Crippen LogP contribution is 2.25. The van der Waals surface area contributed by atoms with Gasteiger partial charge in [-0.15, -0.1) is 0 Å². The SMILES string of the molecule is CCCCOCCCNCCOc1ccccc1OC. The minimum Gasteiger partial charge on any atom is -0.493 e. The molecule has 0 heterocycles. The zero-order valence-corrected chi connectivity index (χ0v) is 12.7. The third-order valence-electron chi connectivity index (χ3n) is 2.89. The molecule has 114 valence electrons. The summed E-state index contributed by atoms with van der Waals surface area (Å²) in [5.74, 6) is 1.57. The first-order valence-corrected chi connectivity index (χ1v) is 7.42. The van der Waals surface area contributed by atoms with Crippen molar-refractivity contribution in [3.05, 3.63) is 24.3 Å². The molecule has 1 aromatic rings. The predicted octanol–water partition coefficient (Wildman–Crippen LogP) is 2.87. The Morgan fingerprint density at radius 3 is 2.45 bits per heavy atom. The molecule has 0 saturated heterocycles. The number of hydrogen-bond donors (Lipinski definition) is 1. The number of unbranched alkanes of at least 4 members (excludes halogenated alkanes) is 1. The van der Waals surface area contributed by atoms with E-state index in [1.165, 1.54) is 6.42 Å². The molecule has 0 unspecified atom stereocenters. The molecule has 0 aromatic heterocycles.